The average Bonchev–Trinajstić information content (AvgIpc) is 3.19. The van der Waals surface area contributed by atoms with E-state index in [1.807, 2.05) is 67.1 Å². The van der Waals surface area contributed by atoms with E-state index >= 15 is 0 Å². The second kappa shape index (κ2) is 6.21. The number of para-hydroxylation sites is 2. The number of hydrogen-bond donors (Lipinski definition) is 1. The monoisotopic (exact) mass is 391 g/mol. The summed E-state index contributed by atoms with van der Waals surface area (Å²) in [5, 5.41) is 8.39. The SMILES string of the molecule is Cc1nn(-c2nc3ccccc3n2C)c2c1[C@@H](c1ccccc1Cl)CC(=O)N2. The number of halogens is 1. The highest BCUT2D eigenvalue weighted by atomic mass is 35.5. The molecule has 0 aliphatic carbocycles. The molecule has 3 heterocycles. The van der Waals surface area contributed by atoms with Crippen molar-refractivity contribution >= 4 is 34.4 Å². The first-order valence-electron chi connectivity index (χ1n) is 9.10. The summed E-state index contributed by atoms with van der Waals surface area (Å²) in [4.78, 5) is 17.3. The number of rotatable bonds is 2. The van der Waals surface area contributed by atoms with E-state index in [1.54, 1.807) is 4.68 Å². The Labute approximate surface area is 166 Å². The number of carbonyl (C=O) groups is 1. The first-order chi connectivity index (χ1) is 13.5. The summed E-state index contributed by atoms with van der Waals surface area (Å²) >= 11 is 6.45. The molecule has 140 valence electrons. The summed E-state index contributed by atoms with van der Waals surface area (Å²) in [6, 6.07) is 15.6. The smallest absolute Gasteiger partial charge is 0.233 e. The van der Waals surface area contributed by atoms with Crippen LogP contribution in [0.2, 0.25) is 5.02 Å². The molecule has 0 saturated carbocycles. The molecular weight excluding hydrogens is 374 g/mol. The van der Waals surface area contributed by atoms with Gasteiger partial charge in [0.25, 0.3) is 0 Å². The van der Waals surface area contributed by atoms with E-state index in [2.05, 4.69) is 5.32 Å². The lowest BCUT2D eigenvalue weighted by molar-refractivity contribution is -0.116. The number of aryl methyl sites for hydroxylation is 2. The van der Waals surface area contributed by atoms with Crippen LogP contribution in [0.15, 0.2) is 48.5 Å². The van der Waals surface area contributed by atoms with Crippen molar-refractivity contribution in [1.29, 1.82) is 0 Å². The molecule has 1 aliphatic rings. The molecule has 1 N–H and O–H groups in total. The minimum absolute atomic E-state index is 0.0580. The molecule has 6 nitrogen and oxygen atoms in total. The fraction of sp³-hybridized carbons (Fsp3) is 0.190. The zero-order chi connectivity index (χ0) is 19.4. The number of nitrogens with zero attached hydrogens (tertiary/aromatic N) is 4. The van der Waals surface area contributed by atoms with Crippen molar-refractivity contribution in [1.82, 2.24) is 19.3 Å². The Balaban J connectivity index is 1.73. The number of carbonyl (C=O) groups excluding carboxylic acids is 1. The van der Waals surface area contributed by atoms with Gasteiger partial charge in [0, 0.05) is 30.0 Å². The van der Waals surface area contributed by atoms with Gasteiger partial charge in [-0.05, 0) is 30.7 Å². The van der Waals surface area contributed by atoms with Gasteiger partial charge in [0.2, 0.25) is 11.9 Å². The van der Waals surface area contributed by atoms with Crippen LogP contribution in [0, 0.1) is 6.92 Å². The molecule has 28 heavy (non-hydrogen) atoms. The standard InChI is InChI=1S/C21H18ClN5O/c1-12-19-14(13-7-3-4-8-15(13)22)11-18(28)24-20(19)27(25-12)21-23-16-9-5-6-10-17(16)26(21)2/h3-10,14H,11H2,1-2H3,(H,24,28)/t14-/m1/s1. The Kier molecular flexibility index (Phi) is 3.77. The van der Waals surface area contributed by atoms with Gasteiger partial charge in [-0.3, -0.25) is 4.79 Å². The fourth-order valence-electron chi connectivity index (χ4n) is 4.04. The third-order valence-corrected chi connectivity index (χ3v) is 5.68. The lowest BCUT2D eigenvalue weighted by Gasteiger charge is -2.25. The Morgan fingerprint density at radius 1 is 1.14 bits per heavy atom. The number of hydrogen-bond acceptors (Lipinski definition) is 3. The Hall–Kier alpha value is -3.12. The number of imidazole rings is 1. The molecule has 0 fully saturated rings. The molecule has 4 aromatic rings. The first-order valence-corrected chi connectivity index (χ1v) is 9.48. The number of benzene rings is 2. The number of amides is 1. The molecule has 0 bridgehead atoms. The van der Waals surface area contributed by atoms with Crippen LogP contribution >= 0.6 is 11.6 Å². The Morgan fingerprint density at radius 2 is 1.89 bits per heavy atom. The molecular formula is C21H18ClN5O. The van der Waals surface area contributed by atoms with E-state index in [0.717, 1.165) is 27.9 Å². The van der Waals surface area contributed by atoms with Crippen LogP contribution in [0.3, 0.4) is 0 Å². The molecule has 0 spiro atoms. The molecule has 7 heteroatoms. The zero-order valence-electron chi connectivity index (χ0n) is 15.5. The molecule has 0 unspecified atom stereocenters. The van der Waals surface area contributed by atoms with E-state index in [0.29, 0.717) is 23.2 Å². The quantitative estimate of drug-likeness (QED) is 0.557. The summed E-state index contributed by atoms with van der Waals surface area (Å²) in [5.74, 6) is 1.13. The highest BCUT2D eigenvalue weighted by Gasteiger charge is 2.34. The molecule has 0 radical (unpaired) electrons. The van der Waals surface area contributed by atoms with Crippen molar-refractivity contribution in [3.63, 3.8) is 0 Å². The molecule has 5 rings (SSSR count). The maximum absolute atomic E-state index is 12.5. The van der Waals surface area contributed by atoms with Crippen molar-refractivity contribution in [2.45, 2.75) is 19.3 Å². The summed E-state index contributed by atoms with van der Waals surface area (Å²) in [6.07, 6.45) is 0.339. The summed E-state index contributed by atoms with van der Waals surface area (Å²) in [6.45, 7) is 1.96. The van der Waals surface area contributed by atoms with Crippen LogP contribution in [0.5, 0.6) is 0 Å². The maximum atomic E-state index is 12.5. The normalized spacial score (nSPS) is 16.2. The number of anilines is 1. The molecule has 0 saturated heterocycles. The highest BCUT2D eigenvalue weighted by Crippen LogP contribution is 2.42. The Morgan fingerprint density at radius 3 is 2.68 bits per heavy atom. The Bertz CT molecular complexity index is 1240. The largest absolute Gasteiger partial charge is 0.311 e. The van der Waals surface area contributed by atoms with Gasteiger partial charge in [-0.2, -0.15) is 9.78 Å². The van der Waals surface area contributed by atoms with Crippen molar-refractivity contribution in [3.05, 3.63) is 70.4 Å². The van der Waals surface area contributed by atoms with Gasteiger partial charge in [-0.25, -0.2) is 4.98 Å². The van der Waals surface area contributed by atoms with Gasteiger partial charge in [0.1, 0.15) is 5.82 Å². The fourth-order valence-corrected chi connectivity index (χ4v) is 4.30. The third-order valence-electron chi connectivity index (χ3n) is 5.34. The summed E-state index contributed by atoms with van der Waals surface area (Å²) in [5.41, 5.74) is 4.66. The van der Waals surface area contributed by atoms with Gasteiger partial charge in [0.05, 0.1) is 16.7 Å². The van der Waals surface area contributed by atoms with Crippen LogP contribution in [0.1, 0.15) is 29.2 Å². The van der Waals surface area contributed by atoms with E-state index in [4.69, 9.17) is 21.7 Å². The van der Waals surface area contributed by atoms with Crippen LogP contribution in [-0.2, 0) is 11.8 Å². The van der Waals surface area contributed by atoms with Gasteiger partial charge in [0.15, 0.2) is 0 Å². The summed E-state index contributed by atoms with van der Waals surface area (Å²) in [7, 11) is 1.95. The van der Waals surface area contributed by atoms with Crippen molar-refractivity contribution in [2.75, 3.05) is 5.32 Å². The second-order valence-electron chi connectivity index (χ2n) is 7.05. The minimum Gasteiger partial charge on any atom is -0.311 e. The van der Waals surface area contributed by atoms with Crippen molar-refractivity contribution in [3.8, 4) is 5.95 Å². The van der Waals surface area contributed by atoms with Crippen molar-refractivity contribution < 1.29 is 4.79 Å². The minimum atomic E-state index is -0.138. The molecule has 2 aromatic carbocycles. The van der Waals surface area contributed by atoms with E-state index in [9.17, 15) is 4.79 Å². The topological polar surface area (TPSA) is 64.7 Å². The molecule has 1 amide bonds. The van der Waals surface area contributed by atoms with Gasteiger partial charge in [-0.1, -0.05) is 41.9 Å². The van der Waals surface area contributed by atoms with Crippen LogP contribution in [0.25, 0.3) is 17.0 Å². The number of fused-ring (bicyclic) bond motifs is 2. The predicted molar refractivity (Wildman–Crippen MR) is 109 cm³/mol. The molecule has 2 aromatic heterocycles. The molecule has 1 aliphatic heterocycles. The lowest BCUT2D eigenvalue weighted by atomic mass is 9.86. The highest BCUT2D eigenvalue weighted by molar-refractivity contribution is 6.31. The number of aromatic nitrogens is 4. The first kappa shape index (κ1) is 17.0. The van der Waals surface area contributed by atoms with Gasteiger partial charge >= 0.3 is 0 Å². The second-order valence-corrected chi connectivity index (χ2v) is 7.45. The van der Waals surface area contributed by atoms with Crippen LogP contribution in [0.4, 0.5) is 5.82 Å². The predicted octanol–water partition coefficient (Wildman–Crippen LogP) is 4.19. The summed E-state index contributed by atoms with van der Waals surface area (Å²) < 4.78 is 3.71. The lowest BCUT2D eigenvalue weighted by Crippen LogP contribution is -2.25. The van der Waals surface area contributed by atoms with E-state index in [1.165, 1.54) is 0 Å². The van der Waals surface area contributed by atoms with Crippen molar-refractivity contribution in [2.24, 2.45) is 7.05 Å². The zero-order valence-corrected chi connectivity index (χ0v) is 16.2. The maximum Gasteiger partial charge on any atom is 0.233 e. The molecule has 1 atom stereocenters. The third kappa shape index (κ3) is 2.45. The van der Waals surface area contributed by atoms with Gasteiger partial charge in [-0.15, -0.1) is 0 Å². The van der Waals surface area contributed by atoms with Crippen LogP contribution in [-0.4, -0.2) is 25.2 Å². The van der Waals surface area contributed by atoms with Crippen LogP contribution < -0.4 is 5.32 Å². The van der Waals surface area contributed by atoms with E-state index in [-0.39, 0.29) is 11.8 Å². The average molecular weight is 392 g/mol. The van der Waals surface area contributed by atoms with Gasteiger partial charge < -0.3 is 9.88 Å². The number of nitrogens with one attached hydrogen (secondary N) is 1. The van der Waals surface area contributed by atoms with E-state index < -0.39 is 0 Å².